The summed E-state index contributed by atoms with van der Waals surface area (Å²) in [6.07, 6.45) is 0.943. The van der Waals surface area contributed by atoms with Gasteiger partial charge in [-0.25, -0.2) is 0 Å². The van der Waals surface area contributed by atoms with Crippen LogP contribution in [-0.4, -0.2) is 32.0 Å². The first-order valence-corrected chi connectivity index (χ1v) is 4.59. The third-order valence-corrected chi connectivity index (χ3v) is 1.17. The molecule has 0 radical (unpaired) electrons. The Bertz CT molecular complexity index is 186. The van der Waals surface area contributed by atoms with E-state index in [1.54, 1.807) is 0 Å². The minimum Gasteiger partial charge on any atom is -0.388 e. The fraction of sp³-hybridized carbons (Fsp3) is 1.00. The smallest absolute Gasteiger partial charge is 0.264 e. The van der Waals surface area contributed by atoms with Gasteiger partial charge in [-0.05, 0) is 13.8 Å². The molecule has 0 aromatic rings. The molecular formula is C5H12O4S. The molecule has 62 valence electrons. The van der Waals surface area contributed by atoms with Gasteiger partial charge in [-0.1, -0.05) is 0 Å². The summed E-state index contributed by atoms with van der Waals surface area (Å²) in [4.78, 5) is 0. The lowest BCUT2D eigenvalue weighted by molar-refractivity contribution is 0.0311. The molecule has 0 saturated carbocycles. The van der Waals surface area contributed by atoms with Crippen LogP contribution in [0.3, 0.4) is 0 Å². The van der Waals surface area contributed by atoms with Gasteiger partial charge in [0.05, 0.1) is 18.5 Å². The summed E-state index contributed by atoms with van der Waals surface area (Å²) in [7, 11) is -3.42. The maximum Gasteiger partial charge on any atom is 0.264 e. The number of aliphatic hydroxyl groups is 1. The maximum atomic E-state index is 10.3. The van der Waals surface area contributed by atoms with Gasteiger partial charge in [-0.15, -0.1) is 0 Å². The molecule has 0 saturated heterocycles. The summed E-state index contributed by atoms with van der Waals surface area (Å²) in [5.74, 6) is 0. The van der Waals surface area contributed by atoms with Crippen molar-refractivity contribution in [3.63, 3.8) is 0 Å². The first-order chi connectivity index (χ1) is 4.21. The average Bonchev–Trinajstić information content (AvgIpc) is 1.57. The fourth-order valence-electron chi connectivity index (χ4n) is 0.251. The van der Waals surface area contributed by atoms with Crippen molar-refractivity contribution >= 4 is 10.1 Å². The summed E-state index contributed by atoms with van der Waals surface area (Å²) in [6, 6.07) is 0. The SMILES string of the molecule is CC(C)(O)COS(C)(=O)=O. The largest absolute Gasteiger partial charge is 0.388 e. The molecule has 0 unspecified atom stereocenters. The molecule has 1 N–H and O–H groups in total. The molecule has 0 aliphatic carbocycles. The molecule has 0 spiro atoms. The van der Waals surface area contributed by atoms with E-state index in [-0.39, 0.29) is 6.61 Å². The lowest BCUT2D eigenvalue weighted by atomic mass is 10.2. The van der Waals surface area contributed by atoms with E-state index in [4.69, 9.17) is 5.11 Å². The highest BCUT2D eigenvalue weighted by atomic mass is 32.2. The Hall–Kier alpha value is -0.130. The number of rotatable bonds is 3. The highest BCUT2D eigenvalue weighted by molar-refractivity contribution is 7.85. The molecule has 4 nitrogen and oxygen atoms in total. The summed E-state index contributed by atoms with van der Waals surface area (Å²) >= 11 is 0. The highest BCUT2D eigenvalue weighted by Gasteiger charge is 2.15. The quantitative estimate of drug-likeness (QED) is 0.589. The molecule has 0 atom stereocenters. The van der Waals surface area contributed by atoms with E-state index < -0.39 is 15.7 Å². The predicted molar refractivity (Wildman–Crippen MR) is 37.1 cm³/mol. The van der Waals surface area contributed by atoms with Gasteiger partial charge in [0, 0.05) is 0 Å². The summed E-state index contributed by atoms with van der Waals surface area (Å²) < 4.78 is 25.0. The van der Waals surface area contributed by atoms with Crippen molar-refractivity contribution in [2.24, 2.45) is 0 Å². The fourth-order valence-corrected chi connectivity index (χ4v) is 0.754. The summed E-state index contributed by atoms with van der Waals surface area (Å²) in [6.45, 7) is 2.74. The molecule has 0 bridgehead atoms. The zero-order chi connectivity index (χ0) is 8.41. The van der Waals surface area contributed by atoms with E-state index >= 15 is 0 Å². The van der Waals surface area contributed by atoms with E-state index in [2.05, 4.69) is 4.18 Å². The topological polar surface area (TPSA) is 63.6 Å². The normalized spacial score (nSPS) is 13.6. The van der Waals surface area contributed by atoms with Crippen LogP contribution in [0.15, 0.2) is 0 Å². The minimum absolute atomic E-state index is 0.203. The lowest BCUT2D eigenvalue weighted by Gasteiger charge is -2.15. The van der Waals surface area contributed by atoms with E-state index in [0.717, 1.165) is 6.26 Å². The van der Waals surface area contributed by atoms with Crippen molar-refractivity contribution in [3.05, 3.63) is 0 Å². The molecule has 0 aliphatic rings. The first-order valence-electron chi connectivity index (χ1n) is 2.77. The Kier molecular flexibility index (Phi) is 2.82. The third-order valence-electron chi connectivity index (χ3n) is 0.626. The second-order valence-electron chi connectivity index (χ2n) is 2.78. The Morgan fingerprint density at radius 1 is 1.50 bits per heavy atom. The molecule has 0 amide bonds. The van der Waals surface area contributed by atoms with Crippen LogP contribution in [-0.2, 0) is 14.3 Å². The molecular weight excluding hydrogens is 156 g/mol. The summed E-state index contributed by atoms with van der Waals surface area (Å²) in [5.41, 5.74) is -1.09. The zero-order valence-corrected chi connectivity index (χ0v) is 7.10. The van der Waals surface area contributed by atoms with Crippen LogP contribution in [0, 0.1) is 0 Å². The van der Waals surface area contributed by atoms with Gasteiger partial charge in [0.1, 0.15) is 0 Å². The molecule has 0 aromatic heterocycles. The van der Waals surface area contributed by atoms with Gasteiger partial charge < -0.3 is 5.11 Å². The van der Waals surface area contributed by atoms with Gasteiger partial charge in [-0.2, -0.15) is 8.42 Å². The molecule has 0 aliphatic heterocycles. The number of hydrogen-bond donors (Lipinski definition) is 1. The van der Waals surface area contributed by atoms with Crippen molar-refractivity contribution in [1.29, 1.82) is 0 Å². The standard InChI is InChI=1S/C5H12O4S/c1-5(2,6)4-9-10(3,7)8/h6H,4H2,1-3H3. The zero-order valence-electron chi connectivity index (χ0n) is 6.29. The maximum absolute atomic E-state index is 10.3. The molecule has 10 heavy (non-hydrogen) atoms. The molecule has 0 aromatic carbocycles. The van der Waals surface area contributed by atoms with Gasteiger partial charge >= 0.3 is 0 Å². The van der Waals surface area contributed by atoms with Crippen LogP contribution in [0.2, 0.25) is 0 Å². The Labute approximate surface area is 60.9 Å². The Balaban J connectivity index is 3.79. The number of hydrogen-bond acceptors (Lipinski definition) is 4. The van der Waals surface area contributed by atoms with E-state index in [1.807, 2.05) is 0 Å². The molecule has 5 heteroatoms. The van der Waals surface area contributed by atoms with Crippen LogP contribution in [0.5, 0.6) is 0 Å². The molecule has 0 rings (SSSR count). The van der Waals surface area contributed by atoms with Crippen LogP contribution in [0.25, 0.3) is 0 Å². The van der Waals surface area contributed by atoms with Crippen LogP contribution < -0.4 is 0 Å². The highest BCUT2D eigenvalue weighted by Crippen LogP contribution is 2.02. The van der Waals surface area contributed by atoms with Gasteiger partial charge in [-0.3, -0.25) is 4.18 Å². The molecule has 0 heterocycles. The average molecular weight is 168 g/mol. The second kappa shape index (κ2) is 2.86. The van der Waals surface area contributed by atoms with Crippen LogP contribution in [0.4, 0.5) is 0 Å². The van der Waals surface area contributed by atoms with Gasteiger partial charge in [0.2, 0.25) is 0 Å². The Morgan fingerprint density at radius 2 is 1.90 bits per heavy atom. The third kappa shape index (κ3) is 7.87. The predicted octanol–water partition coefficient (Wildman–Crippen LogP) is -0.266. The second-order valence-corrected chi connectivity index (χ2v) is 4.42. The van der Waals surface area contributed by atoms with Crippen LogP contribution >= 0.6 is 0 Å². The van der Waals surface area contributed by atoms with E-state index in [9.17, 15) is 8.42 Å². The van der Waals surface area contributed by atoms with Crippen molar-refractivity contribution in [3.8, 4) is 0 Å². The first kappa shape index (κ1) is 9.87. The monoisotopic (exact) mass is 168 g/mol. The van der Waals surface area contributed by atoms with Gasteiger partial charge in [0.25, 0.3) is 10.1 Å². The minimum atomic E-state index is -3.42. The van der Waals surface area contributed by atoms with E-state index in [1.165, 1.54) is 13.8 Å². The van der Waals surface area contributed by atoms with Crippen molar-refractivity contribution in [2.75, 3.05) is 12.9 Å². The lowest BCUT2D eigenvalue weighted by Crippen LogP contribution is -2.27. The molecule has 0 fully saturated rings. The van der Waals surface area contributed by atoms with Gasteiger partial charge in [0.15, 0.2) is 0 Å². The van der Waals surface area contributed by atoms with Crippen molar-refractivity contribution in [2.45, 2.75) is 19.4 Å². The van der Waals surface area contributed by atoms with Crippen molar-refractivity contribution in [1.82, 2.24) is 0 Å². The van der Waals surface area contributed by atoms with Crippen LogP contribution in [0.1, 0.15) is 13.8 Å². The Morgan fingerprint density at radius 3 is 2.00 bits per heavy atom. The summed E-state index contributed by atoms with van der Waals surface area (Å²) in [5, 5.41) is 8.99. The van der Waals surface area contributed by atoms with E-state index in [0.29, 0.717) is 0 Å². The van der Waals surface area contributed by atoms with Crippen molar-refractivity contribution < 1.29 is 17.7 Å².